The lowest BCUT2D eigenvalue weighted by Crippen LogP contribution is -1.88. The molecule has 1 rings (SSSR count). The Labute approximate surface area is 70.8 Å². The molecule has 1 aromatic heterocycles. The summed E-state index contributed by atoms with van der Waals surface area (Å²) >= 11 is 5.56. The highest BCUT2D eigenvalue weighted by Gasteiger charge is 1.91. The van der Waals surface area contributed by atoms with Crippen molar-refractivity contribution in [3.63, 3.8) is 0 Å². The van der Waals surface area contributed by atoms with Crippen molar-refractivity contribution in [2.24, 2.45) is 0 Å². The van der Waals surface area contributed by atoms with Crippen LogP contribution < -0.4 is 5.73 Å². The van der Waals surface area contributed by atoms with Crippen LogP contribution in [0.15, 0.2) is 12.1 Å². The van der Waals surface area contributed by atoms with Crippen LogP contribution >= 0.6 is 24.0 Å². The normalized spacial score (nSPS) is 8.60. The van der Waals surface area contributed by atoms with Crippen LogP contribution in [0.3, 0.4) is 0 Å². The average molecular weight is 179 g/mol. The van der Waals surface area contributed by atoms with Gasteiger partial charge in [0.05, 0.1) is 0 Å². The van der Waals surface area contributed by atoms with E-state index in [1.807, 2.05) is 6.92 Å². The molecular weight excluding hydrogens is 171 g/mol. The van der Waals surface area contributed by atoms with Crippen molar-refractivity contribution in [3.8, 4) is 0 Å². The zero-order valence-electron chi connectivity index (χ0n) is 5.47. The molecule has 0 saturated heterocycles. The predicted octanol–water partition coefficient (Wildman–Crippen LogP) is 2.05. The van der Waals surface area contributed by atoms with Crippen LogP contribution in [-0.4, -0.2) is 4.98 Å². The van der Waals surface area contributed by atoms with Gasteiger partial charge in [0.15, 0.2) is 0 Å². The maximum atomic E-state index is 5.56. The second-order valence-corrected chi connectivity index (χ2v) is 2.25. The van der Waals surface area contributed by atoms with Crippen LogP contribution in [-0.2, 0) is 0 Å². The predicted molar refractivity (Wildman–Crippen MR) is 45.6 cm³/mol. The summed E-state index contributed by atoms with van der Waals surface area (Å²) in [5, 5.41) is 0.451. The zero-order chi connectivity index (χ0) is 6.85. The van der Waals surface area contributed by atoms with Gasteiger partial charge in [-0.1, -0.05) is 11.6 Å². The van der Waals surface area contributed by atoms with Gasteiger partial charge in [0.25, 0.3) is 0 Å². The van der Waals surface area contributed by atoms with Crippen molar-refractivity contribution >= 4 is 29.7 Å². The summed E-state index contributed by atoms with van der Waals surface area (Å²) in [6, 6.07) is 3.39. The van der Waals surface area contributed by atoms with Crippen molar-refractivity contribution < 1.29 is 0 Å². The fourth-order valence-electron chi connectivity index (χ4n) is 0.653. The van der Waals surface area contributed by atoms with Crippen LogP contribution in [0.1, 0.15) is 5.69 Å². The summed E-state index contributed by atoms with van der Waals surface area (Å²) < 4.78 is 0. The molecule has 0 aliphatic heterocycles. The first-order valence-electron chi connectivity index (χ1n) is 2.58. The van der Waals surface area contributed by atoms with Gasteiger partial charge in [0, 0.05) is 11.4 Å². The second-order valence-electron chi connectivity index (χ2n) is 1.86. The Morgan fingerprint density at radius 1 is 1.50 bits per heavy atom. The van der Waals surface area contributed by atoms with E-state index in [-0.39, 0.29) is 12.4 Å². The van der Waals surface area contributed by atoms with E-state index >= 15 is 0 Å². The van der Waals surface area contributed by atoms with Crippen molar-refractivity contribution in [1.82, 2.24) is 4.98 Å². The maximum absolute atomic E-state index is 5.56. The van der Waals surface area contributed by atoms with Crippen molar-refractivity contribution in [1.29, 1.82) is 0 Å². The molecular formula is C6H8Cl2N2. The number of pyridine rings is 1. The minimum absolute atomic E-state index is 0. The molecule has 10 heavy (non-hydrogen) atoms. The lowest BCUT2D eigenvalue weighted by Gasteiger charge is -1.94. The summed E-state index contributed by atoms with van der Waals surface area (Å²) in [5.74, 6) is 0. The van der Waals surface area contributed by atoms with Gasteiger partial charge in [0.1, 0.15) is 5.15 Å². The van der Waals surface area contributed by atoms with Crippen LogP contribution in [0.2, 0.25) is 5.15 Å². The molecule has 0 aliphatic rings. The van der Waals surface area contributed by atoms with Crippen LogP contribution in [0.4, 0.5) is 5.69 Å². The minimum atomic E-state index is 0. The zero-order valence-corrected chi connectivity index (χ0v) is 7.04. The minimum Gasteiger partial charge on any atom is -0.399 e. The molecule has 0 radical (unpaired) electrons. The van der Waals surface area contributed by atoms with E-state index in [0.717, 1.165) is 5.69 Å². The lowest BCUT2D eigenvalue weighted by molar-refractivity contribution is 1.20. The van der Waals surface area contributed by atoms with Crippen molar-refractivity contribution in [2.75, 3.05) is 5.73 Å². The summed E-state index contributed by atoms with van der Waals surface area (Å²) in [6.07, 6.45) is 0. The fourth-order valence-corrected chi connectivity index (χ4v) is 0.913. The monoisotopic (exact) mass is 178 g/mol. The third kappa shape index (κ3) is 2.42. The SMILES string of the molecule is Cc1cc(N)cc(Cl)n1.Cl. The Bertz CT molecular complexity index is 175. The quantitative estimate of drug-likeness (QED) is 0.619. The van der Waals surface area contributed by atoms with Gasteiger partial charge in [-0.3, -0.25) is 0 Å². The molecule has 4 heteroatoms. The Hall–Kier alpha value is -0.470. The van der Waals surface area contributed by atoms with Crippen LogP contribution in [0.5, 0.6) is 0 Å². The molecule has 0 aliphatic carbocycles. The first-order valence-corrected chi connectivity index (χ1v) is 2.96. The number of hydrogen-bond donors (Lipinski definition) is 1. The topological polar surface area (TPSA) is 38.9 Å². The van der Waals surface area contributed by atoms with Gasteiger partial charge in [-0.2, -0.15) is 0 Å². The number of hydrogen-bond acceptors (Lipinski definition) is 2. The van der Waals surface area contributed by atoms with E-state index in [4.69, 9.17) is 17.3 Å². The molecule has 0 aromatic carbocycles. The molecule has 0 fully saturated rings. The van der Waals surface area contributed by atoms with Crippen molar-refractivity contribution in [3.05, 3.63) is 23.0 Å². The Morgan fingerprint density at radius 3 is 2.50 bits per heavy atom. The number of aryl methyl sites for hydroxylation is 1. The smallest absolute Gasteiger partial charge is 0.131 e. The number of halogens is 2. The average Bonchev–Trinajstić information content (AvgIpc) is 1.59. The highest BCUT2D eigenvalue weighted by Crippen LogP contribution is 2.10. The molecule has 1 heterocycles. The van der Waals surface area contributed by atoms with E-state index in [1.54, 1.807) is 12.1 Å². The Balaban J connectivity index is 0.000000810. The number of nitrogen functional groups attached to an aromatic ring is 1. The van der Waals surface area contributed by atoms with Crippen LogP contribution in [0.25, 0.3) is 0 Å². The molecule has 0 atom stereocenters. The number of anilines is 1. The molecule has 2 N–H and O–H groups in total. The molecule has 0 amide bonds. The fraction of sp³-hybridized carbons (Fsp3) is 0.167. The van der Waals surface area contributed by atoms with Gasteiger partial charge in [-0.15, -0.1) is 12.4 Å². The van der Waals surface area contributed by atoms with Gasteiger partial charge < -0.3 is 5.73 Å². The number of rotatable bonds is 0. The molecule has 1 aromatic rings. The lowest BCUT2D eigenvalue weighted by atomic mass is 10.3. The molecule has 0 saturated carbocycles. The second kappa shape index (κ2) is 3.64. The first-order chi connectivity index (χ1) is 4.18. The Morgan fingerprint density at radius 2 is 2.10 bits per heavy atom. The number of nitrogens with zero attached hydrogens (tertiary/aromatic N) is 1. The third-order valence-corrected chi connectivity index (χ3v) is 1.14. The number of nitrogens with two attached hydrogens (primary N) is 1. The molecule has 0 bridgehead atoms. The molecule has 0 unspecified atom stereocenters. The van der Waals surface area contributed by atoms with Crippen molar-refractivity contribution in [2.45, 2.75) is 6.92 Å². The molecule has 2 nitrogen and oxygen atoms in total. The standard InChI is InChI=1S/C6H7ClN2.ClH/c1-4-2-5(8)3-6(7)9-4;/h2-3H,1H3,(H2,8,9);1H. The van der Waals surface area contributed by atoms with Crippen LogP contribution in [0, 0.1) is 6.92 Å². The van der Waals surface area contributed by atoms with Gasteiger partial charge in [-0.25, -0.2) is 4.98 Å². The highest BCUT2D eigenvalue weighted by molar-refractivity contribution is 6.29. The first kappa shape index (κ1) is 9.53. The molecule has 56 valence electrons. The number of aromatic nitrogens is 1. The third-order valence-electron chi connectivity index (χ3n) is 0.944. The van der Waals surface area contributed by atoms with E-state index in [9.17, 15) is 0 Å². The van der Waals surface area contributed by atoms with E-state index in [1.165, 1.54) is 0 Å². The van der Waals surface area contributed by atoms with E-state index in [2.05, 4.69) is 4.98 Å². The van der Waals surface area contributed by atoms with E-state index < -0.39 is 0 Å². The highest BCUT2D eigenvalue weighted by atomic mass is 35.5. The summed E-state index contributed by atoms with van der Waals surface area (Å²) in [5.41, 5.74) is 6.94. The van der Waals surface area contributed by atoms with Gasteiger partial charge in [-0.05, 0) is 19.1 Å². The Kier molecular flexibility index (Phi) is 3.47. The largest absolute Gasteiger partial charge is 0.399 e. The van der Waals surface area contributed by atoms with Gasteiger partial charge >= 0.3 is 0 Å². The van der Waals surface area contributed by atoms with Gasteiger partial charge in [0.2, 0.25) is 0 Å². The summed E-state index contributed by atoms with van der Waals surface area (Å²) in [4.78, 5) is 3.92. The maximum Gasteiger partial charge on any atom is 0.131 e. The molecule has 0 spiro atoms. The summed E-state index contributed by atoms with van der Waals surface area (Å²) in [6.45, 7) is 1.85. The van der Waals surface area contributed by atoms with E-state index in [0.29, 0.717) is 10.8 Å². The summed E-state index contributed by atoms with van der Waals surface area (Å²) in [7, 11) is 0.